The van der Waals surface area contributed by atoms with Crippen molar-refractivity contribution in [3.05, 3.63) is 69.1 Å². The van der Waals surface area contributed by atoms with Crippen molar-refractivity contribution in [2.24, 2.45) is 0 Å². The van der Waals surface area contributed by atoms with Crippen LogP contribution >= 0.6 is 22.6 Å². The summed E-state index contributed by atoms with van der Waals surface area (Å²) in [5, 5.41) is 0. The Morgan fingerprint density at radius 1 is 1.13 bits per heavy atom. The zero-order chi connectivity index (χ0) is 21.9. The number of imidazole rings is 1. The molecule has 158 valence electrons. The third kappa shape index (κ3) is 5.43. The van der Waals surface area contributed by atoms with E-state index in [4.69, 9.17) is 9.47 Å². The molecule has 0 spiro atoms. The van der Waals surface area contributed by atoms with E-state index < -0.39 is 18.1 Å². The fourth-order valence-electron chi connectivity index (χ4n) is 2.64. The second-order valence-corrected chi connectivity index (χ2v) is 7.24. The van der Waals surface area contributed by atoms with Crippen LogP contribution in [0.5, 0.6) is 17.5 Å². The van der Waals surface area contributed by atoms with Crippen molar-refractivity contribution in [3.8, 4) is 17.5 Å². The molecule has 0 aliphatic heterocycles. The van der Waals surface area contributed by atoms with Crippen LogP contribution in [0.2, 0.25) is 0 Å². The summed E-state index contributed by atoms with van der Waals surface area (Å²) in [5.74, 6) is -0.970. The second kappa shape index (κ2) is 8.94. The van der Waals surface area contributed by atoms with Crippen LogP contribution in [0.3, 0.4) is 0 Å². The quantitative estimate of drug-likeness (QED) is 0.318. The molecule has 2 aromatic carbocycles. The first kappa shape index (κ1) is 21.9. The topological polar surface area (TPSA) is 62.6 Å². The van der Waals surface area contributed by atoms with Gasteiger partial charge >= 0.3 is 18.3 Å². The van der Waals surface area contributed by atoms with Crippen molar-refractivity contribution in [2.75, 3.05) is 7.11 Å². The van der Waals surface area contributed by atoms with Crippen molar-refractivity contribution in [3.63, 3.8) is 0 Å². The third-order valence-corrected chi connectivity index (χ3v) is 4.73. The number of ether oxygens (including phenoxy) is 3. The fraction of sp³-hybridized carbons (Fsp3) is 0.200. The number of rotatable bonds is 6. The van der Waals surface area contributed by atoms with Crippen LogP contribution in [0.25, 0.3) is 0 Å². The number of alkyl halides is 3. The van der Waals surface area contributed by atoms with Crippen LogP contribution in [0.4, 0.5) is 13.2 Å². The fourth-order valence-corrected chi connectivity index (χ4v) is 3.35. The molecule has 0 amide bonds. The molecule has 3 rings (SSSR count). The summed E-state index contributed by atoms with van der Waals surface area (Å²) in [6.07, 6.45) is -4.82. The van der Waals surface area contributed by atoms with Crippen molar-refractivity contribution >= 4 is 28.6 Å². The highest BCUT2D eigenvalue weighted by atomic mass is 127. The van der Waals surface area contributed by atoms with Gasteiger partial charge in [0.25, 0.3) is 0 Å². The summed E-state index contributed by atoms with van der Waals surface area (Å²) in [5.41, 5.74) is 2.13. The first-order valence-corrected chi connectivity index (χ1v) is 9.67. The van der Waals surface area contributed by atoms with Crippen LogP contribution < -0.4 is 9.47 Å². The normalized spacial score (nSPS) is 11.3. The van der Waals surface area contributed by atoms with Crippen LogP contribution in [-0.2, 0) is 11.3 Å². The van der Waals surface area contributed by atoms with E-state index in [1.807, 2.05) is 53.8 Å². The molecular formula is C20H16F3IN2O4. The molecule has 6 nitrogen and oxygen atoms in total. The lowest BCUT2D eigenvalue weighted by molar-refractivity contribution is -0.274. The van der Waals surface area contributed by atoms with Gasteiger partial charge in [-0.25, -0.2) is 4.79 Å². The van der Waals surface area contributed by atoms with Crippen LogP contribution in [0.1, 0.15) is 21.6 Å². The minimum atomic E-state index is -4.82. The number of esters is 1. The molecule has 0 aliphatic carbocycles. The van der Waals surface area contributed by atoms with Gasteiger partial charge in [0, 0.05) is 6.07 Å². The van der Waals surface area contributed by atoms with Gasteiger partial charge in [0.2, 0.25) is 0 Å². The smallest absolute Gasteiger partial charge is 0.464 e. The SMILES string of the molecule is COC(=O)c1c(I)nc(Oc2cccc(OC(F)(F)F)c2)n1Cc1ccc(C)cc1. The molecule has 0 atom stereocenters. The molecule has 30 heavy (non-hydrogen) atoms. The van der Waals surface area contributed by atoms with Gasteiger partial charge in [0.1, 0.15) is 15.2 Å². The molecule has 0 fully saturated rings. The molecule has 0 unspecified atom stereocenters. The van der Waals surface area contributed by atoms with Gasteiger partial charge < -0.3 is 14.2 Å². The number of nitrogens with zero attached hydrogens (tertiary/aromatic N) is 2. The van der Waals surface area contributed by atoms with E-state index in [1.165, 1.54) is 23.8 Å². The van der Waals surface area contributed by atoms with Crippen molar-refractivity contribution in [2.45, 2.75) is 19.8 Å². The molecule has 0 aliphatic rings. The highest BCUT2D eigenvalue weighted by Crippen LogP contribution is 2.30. The summed E-state index contributed by atoms with van der Waals surface area (Å²) in [6.45, 7) is 2.20. The van der Waals surface area contributed by atoms with Gasteiger partial charge in [-0.2, -0.15) is 4.98 Å². The second-order valence-electron chi connectivity index (χ2n) is 6.22. The van der Waals surface area contributed by atoms with Gasteiger partial charge in [-0.1, -0.05) is 35.9 Å². The van der Waals surface area contributed by atoms with Crippen molar-refractivity contribution in [1.29, 1.82) is 0 Å². The minimum absolute atomic E-state index is 0.0320. The third-order valence-electron chi connectivity index (χ3n) is 3.98. The number of carbonyl (C=O) groups is 1. The van der Waals surface area contributed by atoms with E-state index in [0.29, 0.717) is 3.70 Å². The summed E-state index contributed by atoms with van der Waals surface area (Å²) < 4.78 is 53.8. The van der Waals surface area contributed by atoms with E-state index >= 15 is 0 Å². The maximum absolute atomic E-state index is 12.5. The predicted molar refractivity (Wildman–Crippen MR) is 110 cm³/mol. The van der Waals surface area contributed by atoms with Gasteiger partial charge in [0.05, 0.1) is 13.7 Å². The summed E-state index contributed by atoms with van der Waals surface area (Å²) in [7, 11) is 1.25. The minimum Gasteiger partial charge on any atom is -0.464 e. The first-order valence-electron chi connectivity index (χ1n) is 8.60. The van der Waals surface area contributed by atoms with E-state index in [0.717, 1.165) is 23.3 Å². The number of methoxy groups -OCH3 is 1. The van der Waals surface area contributed by atoms with Gasteiger partial charge in [-0.05, 0) is 47.2 Å². The van der Waals surface area contributed by atoms with E-state index in [9.17, 15) is 18.0 Å². The Bertz CT molecular complexity index is 1050. The Balaban J connectivity index is 1.97. The Kier molecular flexibility index (Phi) is 6.54. The highest BCUT2D eigenvalue weighted by Gasteiger charge is 2.31. The van der Waals surface area contributed by atoms with Crippen molar-refractivity contribution in [1.82, 2.24) is 9.55 Å². The lowest BCUT2D eigenvalue weighted by atomic mass is 10.1. The van der Waals surface area contributed by atoms with Gasteiger partial charge in [0.15, 0.2) is 5.69 Å². The average Bonchev–Trinajstić information content (AvgIpc) is 2.96. The van der Waals surface area contributed by atoms with E-state index in [1.54, 1.807) is 0 Å². The average molecular weight is 532 g/mol. The maximum atomic E-state index is 12.5. The van der Waals surface area contributed by atoms with E-state index in [-0.39, 0.29) is 24.0 Å². The number of aromatic nitrogens is 2. The lowest BCUT2D eigenvalue weighted by Crippen LogP contribution is -2.17. The Morgan fingerprint density at radius 3 is 2.43 bits per heavy atom. The number of aryl methyl sites for hydroxylation is 1. The molecule has 0 N–H and O–H groups in total. The van der Waals surface area contributed by atoms with Crippen LogP contribution in [0, 0.1) is 10.6 Å². The number of benzene rings is 2. The van der Waals surface area contributed by atoms with Crippen molar-refractivity contribution < 1.29 is 32.2 Å². The molecule has 0 bridgehead atoms. The lowest BCUT2D eigenvalue weighted by Gasteiger charge is -2.13. The predicted octanol–water partition coefficient (Wildman–Crippen LogP) is 5.32. The standard InChI is InChI=1S/C20H16F3IN2O4/c1-12-6-8-13(9-7-12)11-26-16(18(27)28-2)17(24)25-19(26)29-14-4-3-5-15(10-14)30-20(21,22)23/h3-10H,11H2,1-2H3. The molecule has 0 radical (unpaired) electrons. The van der Waals surface area contributed by atoms with Crippen LogP contribution in [-0.4, -0.2) is 29.0 Å². The first-order chi connectivity index (χ1) is 14.2. The van der Waals surface area contributed by atoms with Crippen LogP contribution in [0.15, 0.2) is 48.5 Å². The molecule has 3 aromatic rings. The maximum Gasteiger partial charge on any atom is 0.573 e. The molecule has 0 saturated carbocycles. The Morgan fingerprint density at radius 2 is 1.80 bits per heavy atom. The Labute approximate surface area is 183 Å². The van der Waals surface area contributed by atoms with E-state index in [2.05, 4.69) is 9.72 Å². The number of hydrogen-bond acceptors (Lipinski definition) is 5. The zero-order valence-electron chi connectivity index (χ0n) is 15.9. The summed E-state index contributed by atoms with van der Waals surface area (Å²) in [4.78, 5) is 16.5. The number of halogens is 4. The molecule has 10 heteroatoms. The molecule has 1 heterocycles. The summed E-state index contributed by atoms with van der Waals surface area (Å²) >= 11 is 1.87. The largest absolute Gasteiger partial charge is 0.573 e. The molecular weight excluding hydrogens is 516 g/mol. The number of carbonyl (C=O) groups excluding carboxylic acids is 1. The zero-order valence-corrected chi connectivity index (χ0v) is 18.0. The summed E-state index contributed by atoms with van der Waals surface area (Å²) in [6, 6.07) is 12.7. The monoisotopic (exact) mass is 532 g/mol. The number of hydrogen-bond donors (Lipinski definition) is 0. The highest BCUT2D eigenvalue weighted by molar-refractivity contribution is 14.1. The van der Waals surface area contributed by atoms with Gasteiger partial charge in [-0.3, -0.25) is 4.57 Å². The van der Waals surface area contributed by atoms with Gasteiger partial charge in [-0.15, -0.1) is 13.2 Å². The molecule has 1 aromatic heterocycles. The Hall–Kier alpha value is -2.76. The molecule has 0 saturated heterocycles.